The predicted molar refractivity (Wildman–Crippen MR) is 66.3 cm³/mol. The topological polar surface area (TPSA) is 43.1 Å². The summed E-state index contributed by atoms with van der Waals surface area (Å²) in [6.45, 7) is 0. The first-order valence-electron chi connectivity index (χ1n) is 5.56. The first-order chi connectivity index (χ1) is 9.54. The number of alkyl halides is 3. The van der Waals surface area contributed by atoms with Crippen LogP contribution in [0.5, 0.6) is 0 Å². The van der Waals surface area contributed by atoms with Crippen LogP contribution < -0.4 is 0 Å². The van der Waals surface area contributed by atoms with Gasteiger partial charge < -0.3 is 0 Å². The van der Waals surface area contributed by atoms with E-state index in [2.05, 4.69) is 15.3 Å². The van der Waals surface area contributed by atoms with Gasteiger partial charge in [0.15, 0.2) is 5.65 Å². The van der Waals surface area contributed by atoms with Crippen LogP contribution >= 0.6 is 11.8 Å². The van der Waals surface area contributed by atoms with Gasteiger partial charge in [0.2, 0.25) is 0 Å². The van der Waals surface area contributed by atoms with Crippen molar-refractivity contribution in [3.63, 3.8) is 0 Å². The smallest absolute Gasteiger partial charge is 0.188 e. The van der Waals surface area contributed by atoms with Crippen molar-refractivity contribution in [2.75, 3.05) is 0 Å². The van der Waals surface area contributed by atoms with Crippen LogP contribution in [0.15, 0.2) is 52.4 Å². The zero-order chi connectivity index (χ0) is 14.2. The van der Waals surface area contributed by atoms with Crippen molar-refractivity contribution in [1.82, 2.24) is 19.8 Å². The number of hydrogen-bond acceptors (Lipinski definition) is 4. The third-order valence-corrected chi connectivity index (χ3v) is 3.39. The molecule has 102 valence electrons. The molecule has 8 heteroatoms. The third kappa shape index (κ3) is 2.46. The summed E-state index contributed by atoms with van der Waals surface area (Å²) < 4.78 is 38.9. The quantitative estimate of drug-likeness (QED) is 0.728. The molecule has 0 amide bonds. The van der Waals surface area contributed by atoms with Gasteiger partial charge in [-0.25, -0.2) is 0 Å². The van der Waals surface area contributed by atoms with Crippen molar-refractivity contribution >= 4 is 17.4 Å². The van der Waals surface area contributed by atoms with Gasteiger partial charge in [-0.15, -0.1) is 10.2 Å². The minimum Gasteiger partial charge on any atom is -0.188 e. The molecular weight excluding hydrogens is 289 g/mol. The van der Waals surface area contributed by atoms with E-state index in [0.717, 1.165) is 4.90 Å². The van der Waals surface area contributed by atoms with E-state index >= 15 is 0 Å². The summed E-state index contributed by atoms with van der Waals surface area (Å²) in [6.07, 6.45) is -4.58. The lowest BCUT2D eigenvalue weighted by Crippen LogP contribution is -2.12. The molecule has 0 spiro atoms. The number of halogens is 3. The highest BCUT2D eigenvalue weighted by atomic mass is 32.2. The Hall–Kier alpha value is -2.09. The fourth-order valence-electron chi connectivity index (χ4n) is 1.61. The van der Waals surface area contributed by atoms with Crippen LogP contribution in [0.25, 0.3) is 5.65 Å². The van der Waals surface area contributed by atoms with Crippen molar-refractivity contribution < 1.29 is 13.2 Å². The van der Waals surface area contributed by atoms with E-state index in [1.807, 2.05) is 30.3 Å². The number of benzene rings is 1. The van der Waals surface area contributed by atoms with Crippen molar-refractivity contribution in [2.45, 2.75) is 16.1 Å². The van der Waals surface area contributed by atoms with E-state index in [1.165, 1.54) is 17.8 Å². The number of nitrogens with zero attached hydrogens (tertiary/aromatic N) is 4. The number of fused-ring (bicyclic) bond motifs is 1. The number of hydrogen-bond donors (Lipinski definition) is 0. The van der Waals surface area contributed by atoms with Gasteiger partial charge in [0.05, 0.1) is 0 Å². The molecule has 0 saturated carbocycles. The SMILES string of the molecule is FC(F)(F)c1nnc2ccc(Sc3ccccc3)nn12. The molecule has 0 unspecified atom stereocenters. The highest BCUT2D eigenvalue weighted by Gasteiger charge is 2.37. The molecule has 2 aromatic heterocycles. The Morgan fingerprint density at radius 3 is 2.40 bits per heavy atom. The van der Waals surface area contributed by atoms with Crippen LogP contribution in [0.1, 0.15) is 5.82 Å². The molecule has 0 radical (unpaired) electrons. The van der Waals surface area contributed by atoms with E-state index in [9.17, 15) is 13.2 Å². The Labute approximate surface area is 115 Å². The summed E-state index contributed by atoms with van der Waals surface area (Å²) in [6, 6.07) is 12.3. The molecule has 0 aliphatic carbocycles. The van der Waals surface area contributed by atoms with Crippen LogP contribution in [0.3, 0.4) is 0 Å². The van der Waals surface area contributed by atoms with E-state index in [4.69, 9.17) is 0 Å². The minimum absolute atomic E-state index is 0.0646. The maximum absolute atomic E-state index is 12.7. The maximum atomic E-state index is 12.7. The monoisotopic (exact) mass is 296 g/mol. The molecule has 3 rings (SSSR count). The maximum Gasteiger partial charge on any atom is 0.453 e. The first-order valence-corrected chi connectivity index (χ1v) is 6.38. The van der Waals surface area contributed by atoms with Gasteiger partial charge in [0, 0.05) is 4.90 Å². The van der Waals surface area contributed by atoms with E-state index in [-0.39, 0.29) is 5.65 Å². The Kier molecular flexibility index (Phi) is 3.09. The van der Waals surface area contributed by atoms with Gasteiger partial charge in [-0.3, -0.25) is 0 Å². The molecule has 4 nitrogen and oxygen atoms in total. The van der Waals surface area contributed by atoms with Crippen molar-refractivity contribution in [2.24, 2.45) is 0 Å². The zero-order valence-electron chi connectivity index (χ0n) is 9.87. The molecule has 0 aliphatic rings. The second-order valence-electron chi connectivity index (χ2n) is 3.88. The molecule has 3 aromatic rings. The van der Waals surface area contributed by atoms with Gasteiger partial charge in [0.1, 0.15) is 5.03 Å². The largest absolute Gasteiger partial charge is 0.453 e. The van der Waals surface area contributed by atoms with Crippen LogP contribution in [0.2, 0.25) is 0 Å². The lowest BCUT2D eigenvalue weighted by molar-refractivity contribution is -0.146. The highest BCUT2D eigenvalue weighted by Crippen LogP contribution is 2.29. The second-order valence-corrected chi connectivity index (χ2v) is 4.97. The summed E-state index contributed by atoms with van der Waals surface area (Å²) in [5.41, 5.74) is 0.0646. The minimum atomic E-state index is -4.58. The Morgan fingerprint density at radius 1 is 0.950 bits per heavy atom. The zero-order valence-corrected chi connectivity index (χ0v) is 10.7. The predicted octanol–water partition coefficient (Wildman–Crippen LogP) is 3.29. The summed E-state index contributed by atoms with van der Waals surface area (Å²) in [7, 11) is 0. The van der Waals surface area contributed by atoms with Crippen LogP contribution in [-0.4, -0.2) is 19.8 Å². The molecule has 0 bridgehead atoms. The molecule has 20 heavy (non-hydrogen) atoms. The number of aromatic nitrogens is 4. The highest BCUT2D eigenvalue weighted by molar-refractivity contribution is 7.99. The van der Waals surface area contributed by atoms with E-state index in [1.54, 1.807) is 6.07 Å². The van der Waals surface area contributed by atoms with Crippen LogP contribution in [0.4, 0.5) is 13.2 Å². The third-order valence-electron chi connectivity index (χ3n) is 2.46. The standard InChI is InChI=1S/C12H7F3N4S/c13-12(14,15)11-17-16-9-6-7-10(18-19(9)11)20-8-4-2-1-3-5-8/h1-7H. The van der Waals surface area contributed by atoms with Gasteiger partial charge in [-0.2, -0.15) is 22.8 Å². The van der Waals surface area contributed by atoms with Gasteiger partial charge in [-0.05, 0) is 24.3 Å². The van der Waals surface area contributed by atoms with E-state index < -0.39 is 12.0 Å². The van der Waals surface area contributed by atoms with Gasteiger partial charge >= 0.3 is 6.18 Å². The Bertz CT molecular complexity index is 739. The van der Waals surface area contributed by atoms with E-state index in [0.29, 0.717) is 9.54 Å². The molecular formula is C12H7F3N4S. The summed E-state index contributed by atoms with van der Waals surface area (Å²) in [5, 5.41) is 11.0. The molecule has 2 heterocycles. The van der Waals surface area contributed by atoms with Gasteiger partial charge in [-0.1, -0.05) is 30.0 Å². The fraction of sp³-hybridized carbons (Fsp3) is 0.0833. The van der Waals surface area contributed by atoms with Crippen LogP contribution in [-0.2, 0) is 6.18 Å². The lowest BCUT2D eigenvalue weighted by atomic mass is 10.4. The average Bonchev–Trinajstić information content (AvgIpc) is 2.83. The molecule has 0 aliphatic heterocycles. The normalized spacial score (nSPS) is 11.9. The molecule has 0 fully saturated rings. The summed E-state index contributed by atoms with van der Waals surface area (Å²) >= 11 is 1.27. The first kappa shape index (κ1) is 12.9. The Balaban J connectivity index is 2.02. The molecule has 0 atom stereocenters. The van der Waals surface area contributed by atoms with Gasteiger partial charge in [0.25, 0.3) is 5.82 Å². The average molecular weight is 296 g/mol. The Morgan fingerprint density at radius 2 is 1.70 bits per heavy atom. The van der Waals surface area contributed by atoms with Crippen LogP contribution in [0, 0.1) is 0 Å². The van der Waals surface area contributed by atoms with Crippen molar-refractivity contribution in [3.8, 4) is 0 Å². The second kappa shape index (κ2) is 4.78. The molecule has 0 N–H and O–H groups in total. The van der Waals surface area contributed by atoms with Crippen molar-refractivity contribution in [3.05, 3.63) is 48.3 Å². The molecule has 0 saturated heterocycles. The lowest BCUT2D eigenvalue weighted by Gasteiger charge is -2.04. The summed E-state index contributed by atoms with van der Waals surface area (Å²) in [5.74, 6) is -1.12. The molecule has 1 aromatic carbocycles. The summed E-state index contributed by atoms with van der Waals surface area (Å²) in [4.78, 5) is 0.890. The van der Waals surface area contributed by atoms with Crippen molar-refractivity contribution in [1.29, 1.82) is 0 Å². The fourth-order valence-corrected chi connectivity index (χ4v) is 2.41. The number of rotatable bonds is 2.